The molecule has 3 heterocycles. The van der Waals surface area contributed by atoms with Gasteiger partial charge in [-0.1, -0.05) is 35.3 Å². The van der Waals surface area contributed by atoms with Crippen molar-refractivity contribution in [1.29, 1.82) is 0 Å². The summed E-state index contributed by atoms with van der Waals surface area (Å²) < 4.78 is 28.9. The lowest BCUT2D eigenvalue weighted by atomic mass is 9.72. The van der Waals surface area contributed by atoms with E-state index in [2.05, 4.69) is 0 Å². The molecule has 2 saturated heterocycles. The molecular formula is C17H17Cl2NO3S2. The lowest BCUT2D eigenvalue weighted by Crippen LogP contribution is -2.57. The van der Waals surface area contributed by atoms with Gasteiger partial charge in [-0.2, -0.15) is 4.31 Å². The normalized spacial score (nSPS) is 29.9. The van der Waals surface area contributed by atoms with Gasteiger partial charge in [0.15, 0.2) is 0 Å². The van der Waals surface area contributed by atoms with Crippen LogP contribution < -0.4 is 0 Å². The molecule has 2 aromatic rings. The van der Waals surface area contributed by atoms with E-state index in [1.807, 2.05) is 12.1 Å². The molecule has 1 aromatic carbocycles. The zero-order valence-corrected chi connectivity index (χ0v) is 16.3. The van der Waals surface area contributed by atoms with E-state index < -0.39 is 16.1 Å². The molecule has 0 unspecified atom stereocenters. The van der Waals surface area contributed by atoms with Crippen LogP contribution in [0.2, 0.25) is 9.36 Å². The van der Waals surface area contributed by atoms with Crippen LogP contribution in [0.5, 0.6) is 0 Å². The Morgan fingerprint density at radius 3 is 2.40 bits per heavy atom. The van der Waals surface area contributed by atoms with Gasteiger partial charge in [0, 0.05) is 17.0 Å². The first-order valence-corrected chi connectivity index (χ1v) is 11.1. The molecule has 25 heavy (non-hydrogen) atoms. The van der Waals surface area contributed by atoms with Gasteiger partial charge >= 0.3 is 0 Å². The van der Waals surface area contributed by atoms with Crippen molar-refractivity contribution in [1.82, 2.24) is 4.31 Å². The third-order valence-corrected chi connectivity index (χ3v) is 9.06. The number of halogens is 2. The summed E-state index contributed by atoms with van der Waals surface area (Å²) in [5.41, 5.74) is 0.865. The highest BCUT2D eigenvalue weighted by Gasteiger charge is 2.52. The number of hydrogen-bond donors (Lipinski definition) is 1. The fraction of sp³-hybridized carbons (Fsp3) is 0.412. The first-order valence-electron chi connectivity index (χ1n) is 8.10. The van der Waals surface area contributed by atoms with Crippen LogP contribution >= 0.6 is 34.5 Å². The van der Waals surface area contributed by atoms with Crippen molar-refractivity contribution in [3.63, 3.8) is 0 Å². The quantitative estimate of drug-likeness (QED) is 0.807. The Morgan fingerprint density at radius 2 is 1.80 bits per heavy atom. The van der Waals surface area contributed by atoms with Gasteiger partial charge < -0.3 is 5.11 Å². The molecule has 2 bridgehead atoms. The number of thiophene rings is 1. The zero-order valence-electron chi connectivity index (χ0n) is 13.2. The summed E-state index contributed by atoms with van der Waals surface area (Å²) >= 11 is 13.0. The van der Waals surface area contributed by atoms with Crippen LogP contribution in [0.4, 0.5) is 0 Å². The summed E-state index contributed by atoms with van der Waals surface area (Å²) in [7, 11) is -3.68. The van der Waals surface area contributed by atoms with Crippen molar-refractivity contribution in [3.8, 4) is 0 Å². The molecule has 3 fully saturated rings. The highest BCUT2D eigenvalue weighted by molar-refractivity contribution is 7.91. The van der Waals surface area contributed by atoms with Crippen LogP contribution in [0.1, 0.15) is 30.9 Å². The maximum Gasteiger partial charge on any atom is 0.253 e. The van der Waals surface area contributed by atoms with Gasteiger partial charge in [-0.15, -0.1) is 11.3 Å². The molecule has 1 N–H and O–H groups in total. The lowest BCUT2D eigenvalue weighted by molar-refractivity contribution is -0.0537. The summed E-state index contributed by atoms with van der Waals surface area (Å²) in [4.78, 5) is 0. The number of aliphatic hydroxyl groups excluding tert-OH is 1. The van der Waals surface area contributed by atoms with Gasteiger partial charge in [0.2, 0.25) is 0 Å². The molecule has 1 aromatic heterocycles. The Balaban J connectivity index is 1.82. The van der Waals surface area contributed by atoms with E-state index >= 15 is 0 Å². The SMILES string of the molecule is O=S(=O)(c1ccc(Cl)s1)N1[C@H]2CC[C@@H]([C@H]1c1ccc(Cl)cc1)[C@@H](O)C2. The van der Waals surface area contributed by atoms with Gasteiger partial charge in [0.25, 0.3) is 10.0 Å². The smallest absolute Gasteiger partial charge is 0.253 e. The monoisotopic (exact) mass is 417 g/mol. The fourth-order valence-electron chi connectivity index (χ4n) is 4.10. The maximum atomic E-state index is 13.3. The number of sulfonamides is 1. The third-order valence-electron chi connectivity index (χ3n) is 5.17. The van der Waals surface area contributed by atoms with E-state index in [9.17, 15) is 13.5 Å². The van der Waals surface area contributed by atoms with Crippen molar-refractivity contribution in [2.75, 3.05) is 0 Å². The second-order valence-corrected chi connectivity index (χ2v) is 10.8. The van der Waals surface area contributed by atoms with Crippen molar-refractivity contribution in [2.45, 2.75) is 41.7 Å². The summed E-state index contributed by atoms with van der Waals surface area (Å²) in [5.74, 6) is -0.114. The minimum atomic E-state index is -3.68. The van der Waals surface area contributed by atoms with Crippen LogP contribution in [0, 0.1) is 5.92 Å². The fourth-order valence-corrected chi connectivity index (χ4v) is 7.70. The predicted octanol–water partition coefficient (Wildman–Crippen LogP) is 4.33. The van der Waals surface area contributed by atoms with Gasteiger partial charge in [0.05, 0.1) is 16.5 Å². The summed E-state index contributed by atoms with van der Waals surface area (Å²) in [6, 6.07) is 9.80. The first kappa shape index (κ1) is 17.8. The number of nitrogens with zero attached hydrogens (tertiary/aromatic N) is 1. The minimum Gasteiger partial charge on any atom is -0.393 e. The second kappa shape index (κ2) is 6.51. The summed E-state index contributed by atoms with van der Waals surface area (Å²) in [6.07, 6.45) is 1.57. The van der Waals surface area contributed by atoms with Crippen LogP contribution in [-0.4, -0.2) is 30.0 Å². The Bertz CT molecular complexity index is 882. The van der Waals surface area contributed by atoms with Crippen LogP contribution in [-0.2, 0) is 10.0 Å². The van der Waals surface area contributed by atoms with Gasteiger partial charge in [-0.3, -0.25) is 0 Å². The van der Waals surface area contributed by atoms with Gasteiger partial charge in [-0.25, -0.2) is 8.42 Å². The topological polar surface area (TPSA) is 57.6 Å². The molecule has 0 amide bonds. The number of fused-ring (bicyclic) bond motifs is 3. The number of rotatable bonds is 3. The average Bonchev–Trinajstić information content (AvgIpc) is 3.02. The van der Waals surface area contributed by atoms with Crippen molar-refractivity contribution in [3.05, 3.63) is 51.3 Å². The molecule has 4 nitrogen and oxygen atoms in total. The van der Waals surface area contributed by atoms with E-state index in [4.69, 9.17) is 23.2 Å². The number of hydrogen-bond acceptors (Lipinski definition) is 4. The molecule has 3 aliphatic rings. The number of piperidine rings is 2. The van der Waals surface area contributed by atoms with E-state index in [1.165, 1.54) is 0 Å². The minimum absolute atomic E-state index is 0.114. The standard InChI is InChI=1S/C17H17Cl2NO3S2/c18-11-3-1-10(2-4-11)17-13-6-5-12(9-14(13)21)20(17)25(22,23)16-8-7-15(19)24-16/h1-4,7-8,12-14,17,21H,5-6,9H2/t12-,13+,14-,17+/m0/s1. The van der Waals surface area contributed by atoms with E-state index in [0.717, 1.165) is 29.7 Å². The predicted molar refractivity (Wildman–Crippen MR) is 99.7 cm³/mol. The van der Waals surface area contributed by atoms with Crippen molar-refractivity contribution < 1.29 is 13.5 Å². The molecule has 2 aliphatic heterocycles. The van der Waals surface area contributed by atoms with E-state index in [-0.39, 0.29) is 22.2 Å². The summed E-state index contributed by atoms with van der Waals surface area (Å²) in [5, 5.41) is 11.1. The molecule has 1 aliphatic carbocycles. The molecule has 1 saturated carbocycles. The average molecular weight is 418 g/mol. The Labute approximate surface area is 161 Å². The highest BCUT2D eigenvalue weighted by Crippen LogP contribution is 2.50. The largest absolute Gasteiger partial charge is 0.393 e. The van der Waals surface area contributed by atoms with Crippen molar-refractivity contribution >= 4 is 44.6 Å². The molecular weight excluding hydrogens is 401 g/mol. The maximum absolute atomic E-state index is 13.3. The molecule has 5 rings (SSSR count). The summed E-state index contributed by atoms with van der Waals surface area (Å²) in [6.45, 7) is 0. The zero-order chi connectivity index (χ0) is 17.8. The Kier molecular flexibility index (Phi) is 4.63. The van der Waals surface area contributed by atoms with E-state index in [0.29, 0.717) is 15.8 Å². The third kappa shape index (κ3) is 3.03. The molecule has 4 atom stereocenters. The van der Waals surface area contributed by atoms with Crippen LogP contribution in [0.25, 0.3) is 0 Å². The molecule has 0 radical (unpaired) electrons. The van der Waals surface area contributed by atoms with Crippen LogP contribution in [0.15, 0.2) is 40.6 Å². The van der Waals surface area contributed by atoms with Crippen LogP contribution in [0.3, 0.4) is 0 Å². The lowest BCUT2D eigenvalue weighted by Gasteiger charge is -2.52. The number of benzene rings is 1. The van der Waals surface area contributed by atoms with Crippen molar-refractivity contribution in [2.24, 2.45) is 5.92 Å². The Morgan fingerprint density at radius 1 is 1.08 bits per heavy atom. The number of aliphatic hydroxyl groups is 1. The van der Waals surface area contributed by atoms with Gasteiger partial charge in [-0.05, 0) is 49.1 Å². The highest BCUT2D eigenvalue weighted by atomic mass is 35.5. The first-order chi connectivity index (χ1) is 11.9. The second-order valence-electron chi connectivity index (χ2n) is 6.59. The van der Waals surface area contributed by atoms with Gasteiger partial charge in [0.1, 0.15) is 4.21 Å². The molecule has 134 valence electrons. The van der Waals surface area contributed by atoms with E-state index in [1.54, 1.807) is 28.6 Å². The molecule has 8 heteroatoms. The molecule has 0 spiro atoms. The Hall–Kier alpha value is -0.630.